The van der Waals surface area contributed by atoms with Crippen molar-refractivity contribution in [1.82, 2.24) is 5.32 Å². The predicted molar refractivity (Wildman–Crippen MR) is 136 cm³/mol. The van der Waals surface area contributed by atoms with Gasteiger partial charge in [-0.05, 0) is 85.1 Å². The Labute approximate surface area is 212 Å². The molecule has 0 spiro atoms. The molecule has 4 atom stereocenters. The van der Waals surface area contributed by atoms with Crippen molar-refractivity contribution in [2.24, 2.45) is 16.7 Å². The molecule has 0 heterocycles. The maximum Gasteiger partial charge on any atom is 0.180 e. The van der Waals surface area contributed by atoms with Crippen LogP contribution in [0.2, 0.25) is 15.1 Å². The van der Waals surface area contributed by atoms with Crippen LogP contribution in [-0.2, 0) is 13.2 Å². The third kappa shape index (κ3) is 4.72. The Morgan fingerprint density at radius 1 is 0.939 bits per heavy atom. The summed E-state index contributed by atoms with van der Waals surface area (Å²) >= 11 is 18.9. The van der Waals surface area contributed by atoms with Gasteiger partial charge in [0.05, 0.1) is 12.1 Å². The zero-order valence-corrected chi connectivity index (χ0v) is 21.8. The van der Waals surface area contributed by atoms with Gasteiger partial charge in [0.25, 0.3) is 0 Å². The maximum atomic E-state index is 6.66. The summed E-state index contributed by atoms with van der Waals surface area (Å²) in [6, 6.07) is 9.38. The number of ether oxygens (including phenoxy) is 2. The minimum atomic E-state index is 0.239. The first kappa shape index (κ1) is 23.6. The van der Waals surface area contributed by atoms with Crippen LogP contribution >= 0.6 is 34.8 Å². The Hall–Kier alpha value is -1.13. The summed E-state index contributed by atoms with van der Waals surface area (Å²) in [7, 11) is 1.64. The standard InChI is InChI=1S/C27H32Cl3NO2/c1-25-9-18-10-26(2,14-25)16-27(11-18,15-25)31-12-17-6-22(30)24(23(7-17)32-3)33-13-19-4-5-20(28)8-21(19)29/h4-8,18,31H,9-16H2,1-3H3/t18?,25-,26+,27?. The van der Waals surface area contributed by atoms with E-state index in [-0.39, 0.29) is 12.1 Å². The van der Waals surface area contributed by atoms with Crippen molar-refractivity contribution in [3.63, 3.8) is 0 Å². The van der Waals surface area contributed by atoms with Crippen molar-refractivity contribution >= 4 is 34.8 Å². The maximum absolute atomic E-state index is 6.66. The lowest BCUT2D eigenvalue weighted by Crippen LogP contribution is -2.63. The van der Waals surface area contributed by atoms with Gasteiger partial charge in [-0.25, -0.2) is 0 Å². The lowest BCUT2D eigenvalue weighted by atomic mass is 9.43. The quantitative estimate of drug-likeness (QED) is 0.410. The van der Waals surface area contributed by atoms with E-state index >= 15 is 0 Å². The van der Waals surface area contributed by atoms with E-state index in [1.165, 1.54) is 38.5 Å². The van der Waals surface area contributed by atoms with Crippen LogP contribution in [0.5, 0.6) is 11.5 Å². The zero-order chi connectivity index (χ0) is 23.4. The van der Waals surface area contributed by atoms with Crippen molar-refractivity contribution < 1.29 is 9.47 Å². The Kier molecular flexibility index (Phi) is 6.09. The summed E-state index contributed by atoms with van der Waals surface area (Å²) in [5.74, 6) is 2.02. The molecule has 2 aromatic carbocycles. The molecule has 1 N–H and O–H groups in total. The van der Waals surface area contributed by atoms with E-state index in [4.69, 9.17) is 44.3 Å². The Balaban J connectivity index is 1.30. The van der Waals surface area contributed by atoms with Crippen LogP contribution in [0.15, 0.2) is 30.3 Å². The number of nitrogens with one attached hydrogen (secondary N) is 1. The van der Waals surface area contributed by atoms with Gasteiger partial charge in [0.2, 0.25) is 0 Å². The fourth-order valence-electron chi connectivity index (χ4n) is 7.74. The molecule has 2 aromatic rings. The van der Waals surface area contributed by atoms with Crippen LogP contribution in [0.25, 0.3) is 0 Å². The van der Waals surface area contributed by atoms with Crippen LogP contribution in [0.3, 0.4) is 0 Å². The van der Waals surface area contributed by atoms with Crippen LogP contribution in [0, 0.1) is 16.7 Å². The lowest BCUT2D eigenvalue weighted by molar-refractivity contribution is -0.118. The van der Waals surface area contributed by atoms with Gasteiger partial charge in [-0.3, -0.25) is 0 Å². The third-order valence-electron chi connectivity index (χ3n) is 7.97. The highest BCUT2D eigenvalue weighted by Gasteiger charge is 2.59. The second-order valence-corrected chi connectivity index (χ2v) is 12.6. The molecule has 6 rings (SSSR count). The molecule has 178 valence electrons. The number of methoxy groups -OCH3 is 1. The molecular weight excluding hydrogens is 477 g/mol. The summed E-state index contributed by atoms with van der Waals surface area (Å²) in [5, 5.41) is 5.68. The van der Waals surface area contributed by atoms with Crippen molar-refractivity contribution in [1.29, 1.82) is 0 Å². The van der Waals surface area contributed by atoms with E-state index < -0.39 is 0 Å². The van der Waals surface area contributed by atoms with Crippen molar-refractivity contribution in [2.45, 2.75) is 71.1 Å². The number of hydrogen-bond donors (Lipinski definition) is 1. The summed E-state index contributed by atoms with van der Waals surface area (Å²) < 4.78 is 11.7. The molecular formula is C27H32Cl3NO2. The molecule has 4 saturated carbocycles. The van der Waals surface area contributed by atoms with E-state index in [9.17, 15) is 0 Å². The van der Waals surface area contributed by atoms with E-state index in [0.29, 0.717) is 37.4 Å². The number of halogens is 3. The third-order valence-corrected chi connectivity index (χ3v) is 8.84. The molecule has 0 radical (unpaired) electrons. The van der Waals surface area contributed by atoms with Gasteiger partial charge in [0, 0.05) is 27.7 Å². The van der Waals surface area contributed by atoms with E-state index in [1.807, 2.05) is 18.2 Å². The van der Waals surface area contributed by atoms with E-state index in [0.717, 1.165) is 23.6 Å². The van der Waals surface area contributed by atoms with Crippen LogP contribution in [0.4, 0.5) is 0 Å². The largest absolute Gasteiger partial charge is 0.493 e. The minimum Gasteiger partial charge on any atom is -0.493 e. The monoisotopic (exact) mass is 507 g/mol. The molecule has 2 unspecified atom stereocenters. The van der Waals surface area contributed by atoms with Crippen molar-refractivity contribution in [2.75, 3.05) is 7.11 Å². The van der Waals surface area contributed by atoms with Crippen molar-refractivity contribution in [3.05, 3.63) is 56.5 Å². The molecule has 0 aromatic heterocycles. The highest BCUT2D eigenvalue weighted by Crippen LogP contribution is 2.66. The fourth-order valence-corrected chi connectivity index (χ4v) is 8.49. The second kappa shape index (κ2) is 8.52. The number of benzene rings is 2. The molecule has 4 bridgehead atoms. The molecule has 4 fully saturated rings. The summed E-state index contributed by atoms with van der Waals surface area (Å²) in [6.45, 7) is 6.07. The van der Waals surface area contributed by atoms with E-state index in [2.05, 4.69) is 19.2 Å². The first-order chi connectivity index (χ1) is 15.6. The highest BCUT2D eigenvalue weighted by molar-refractivity contribution is 6.35. The summed E-state index contributed by atoms with van der Waals surface area (Å²) in [6.07, 6.45) is 8.03. The van der Waals surface area contributed by atoms with Gasteiger partial charge < -0.3 is 14.8 Å². The molecule has 33 heavy (non-hydrogen) atoms. The normalized spacial score (nSPS) is 32.2. The predicted octanol–water partition coefficient (Wildman–Crippen LogP) is 8.07. The smallest absolute Gasteiger partial charge is 0.180 e. The molecule has 0 saturated heterocycles. The average molecular weight is 509 g/mol. The van der Waals surface area contributed by atoms with E-state index in [1.54, 1.807) is 19.2 Å². The SMILES string of the molecule is COc1cc(CNC23CC4C[C@@](C)(C2)C[C@](C)(C4)C3)cc(Cl)c1OCc1ccc(Cl)cc1Cl. The summed E-state index contributed by atoms with van der Waals surface area (Å²) in [5.41, 5.74) is 3.16. The second-order valence-electron chi connectivity index (χ2n) is 11.4. The zero-order valence-electron chi connectivity index (χ0n) is 19.6. The molecule has 0 amide bonds. The fraction of sp³-hybridized carbons (Fsp3) is 0.556. The molecule has 4 aliphatic rings. The first-order valence-corrected chi connectivity index (χ1v) is 12.9. The average Bonchev–Trinajstić information content (AvgIpc) is 2.69. The van der Waals surface area contributed by atoms with Crippen LogP contribution in [0.1, 0.15) is 63.5 Å². The van der Waals surface area contributed by atoms with Gasteiger partial charge in [-0.2, -0.15) is 0 Å². The Morgan fingerprint density at radius 3 is 2.30 bits per heavy atom. The molecule has 4 aliphatic carbocycles. The Bertz CT molecular complexity index is 1050. The number of rotatable bonds is 7. The van der Waals surface area contributed by atoms with Crippen molar-refractivity contribution in [3.8, 4) is 11.5 Å². The van der Waals surface area contributed by atoms with Gasteiger partial charge in [0.1, 0.15) is 6.61 Å². The van der Waals surface area contributed by atoms with Gasteiger partial charge in [-0.15, -0.1) is 0 Å². The van der Waals surface area contributed by atoms with Gasteiger partial charge >= 0.3 is 0 Å². The summed E-state index contributed by atoms with van der Waals surface area (Å²) in [4.78, 5) is 0. The molecule has 6 heteroatoms. The van der Waals surface area contributed by atoms with Crippen LogP contribution in [-0.4, -0.2) is 12.6 Å². The minimum absolute atomic E-state index is 0.239. The Morgan fingerprint density at radius 2 is 1.67 bits per heavy atom. The van der Waals surface area contributed by atoms with Gasteiger partial charge in [0.15, 0.2) is 11.5 Å². The highest BCUT2D eigenvalue weighted by atomic mass is 35.5. The molecule has 3 nitrogen and oxygen atoms in total. The number of hydrogen-bond acceptors (Lipinski definition) is 3. The lowest BCUT2D eigenvalue weighted by Gasteiger charge is -2.65. The topological polar surface area (TPSA) is 30.5 Å². The van der Waals surface area contributed by atoms with Gasteiger partial charge in [-0.1, -0.05) is 54.7 Å². The molecule has 0 aliphatic heterocycles. The van der Waals surface area contributed by atoms with Crippen LogP contribution < -0.4 is 14.8 Å². The first-order valence-electron chi connectivity index (χ1n) is 11.8.